The number of nitrogens with one attached hydrogen (secondary N) is 1. The number of aryl methyl sites for hydroxylation is 2. The third-order valence-electron chi connectivity index (χ3n) is 4.75. The van der Waals surface area contributed by atoms with Crippen molar-refractivity contribution in [1.29, 1.82) is 5.26 Å². The molecule has 150 valence electrons. The summed E-state index contributed by atoms with van der Waals surface area (Å²) in [5.41, 5.74) is 4.61. The highest BCUT2D eigenvalue weighted by atomic mass is 79.9. The van der Waals surface area contributed by atoms with Crippen molar-refractivity contribution >= 4 is 33.6 Å². The predicted molar refractivity (Wildman–Crippen MR) is 121 cm³/mol. The van der Waals surface area contributed by atoms with Crippen LogP contribution in [0.4, 0.5) is 10.1 Å². The van der Waals surface area contributed by atoms with Crippen LogP contribution in [0.3, 0.4) is 0 Å². The fraction of sp³-hybridized carbons (Fsp3) is 0.120. The standard InChI is InChI=1S/C25H20BrFN2O/c1-16-7-8-17(2)24(11-16)29-25(30)21(15-28)13-20-14-22(26)10-9-18(20)12-19-5-3-4-6-23(19)27/h3-11,13-14H,12H2,1-2H3,(H,29,30)/b21-13+. The molecule has 3 aromatic rings. The van der Waals surface area contributed by atoms with Gasteiger partial charge in [-0.15, -0.1) is 0 Å². The molecule has 1 N–H and O–H groups in total. The first kappa shape index (κ1) is 21.5. The summed E-state index contributed by atoms with van der Waals surface area (Å²) in [6.45, 7) is 3.83. The lowest BCUT2D eigenvalue weighted by molar-refractivity contribution is -0.112. The molecular formula is C25H20BrFN2O. The smallest absolute Gasteiger partial charge is 0.266 e. The molecular weight excluding hydrogens is 443 g/mol. The molecule has 0 aliphatic carbocycles. The van der Waals surface area contributed by atoms with Crippen LogP contribution in [0.5, 0.6) is 0 Å². The Bertz CT molecular complexity index is 1180. The third kappa shape index (κ3) is 5.22. The number of benzene rings is 3. The lowest BCUT2D eigenvalue weighted by Gasteiger charge is -2.11. The van der Waals surface area contributed by atoms with Gasteiger partial charge in [-0.25, -0.2) is 4.39 Å². The maximum absolute atomic E-state index is 14.1. The molecule has 0 fully saturated rings. The van der Waals surface area contributed by atoms with Gasteiger partial charge in [-0.3, -0.25) is 4.79 Å². The van der Waals surface area contributed by atoms with Gasteiger partial charge in [-0.2, -0.15) is 5.26 Å². The first-order chi connectivity index (χ1) is 14.4. The maximum Gasteiger partial charge on any atom is 0.266 e. The minimum absolute atomic E-state index is 0.0243. The molecule has 1 amide bonds. The molecule has 30 heavy (non-hydrogen) atoms. The molecule has 0 aliphatic heterocycles. The van der Waals surface area contributed by atoms with E-state index in [1.54, 1.807) is 24.3 Å². The van der Waals surface area contributed by atoms with E-state index in [0.717, 1.165) is 21.2 Å². The van der Waals surface area contributed by atoms with Crippen molar-refractivity contribution in [2.24, 2.45) is 0 Å². The molecule has 0 atom stereocenters. The first-order valence-corrected chi connectivity index (χ1v) is 10.2. The van der Waals surface area contributed by atoms with Crippen LogP contribution in [0.25, 0.3) is 6.08 Å². The maximum atomic E-state index is 14.1. The summed E-state index contributed by atoms with van der Waals surface area (Å²) < 4.78 is 14.9. The SMILES string of the molecule is Cc1ccc(C)c(NC(=O)/C(C#N)=C/c2cc(Br)ccc2Cc2ccccc2F)c1. The number of nitriles is 1. The highest BCUT2D eigenvalue weighted by Gasteiger charge is 2.13. The zero-order valence-electron chi connectivity index (χ0n) is 16.7. The lowest BCUT2D eigenvalue weighted by atomic mass is 9.98. The van der Waals surface area contributed by atoms with Gasteiger partial charge < -0.3 is 5.32 Å². The van der Waals surface area contributed by atoms with E-state index in [9.17, 15) is 14.4 Å². The second-order valence-electron chi connectivity index (χ2n) is 7.05. The zero-order valence-corrected chi connectivity index (χ0v) is 18.3. The summed E-state index contributed by atoms with van der Waals surface area (Å²) in [5.74, 6) is -0.772. The fourth-order valence-electron chi connectivity index (χ4n) is 3.07. The molecule has 0 saturated carbocycles. The van der Waals surface area contributed by atoms with Gasteiger partial charge in [0.05, 0.1) is 0 Å². The number of rotatable bonds is 5. The average Bonchev–Trinajstić information content (AvgIpc) is 2.72. The molecule has 0 aromatic heterocycles. The number of hydrogen-bond donors (Lipinski definition) is 1. The zero-order chi connectivity index (χ0) is 21.7. The van der Waals surface area contributed by atoms with Gasteiger partial charge in [-0.1, -0.05) is 52.3 Å². The van der Waals surface area contributed by atoms with Crippen LogP contribution in [0, 0.1) is 31.0 Å². The van der Waals surface area contributed by atoms with Gasteiger partial charge in [-0.05, 0) is 72.0 Å². The van der Waals surface area contributed by atoms with Crippen molar-refractivity contribution in [3.05, 3.63) is 104 Å². The van der Waals surface area contributed by atoms with Crippen molar-refractivity contribution in [3.8, 4) is 6.07 Å². The Labute approximate surface area is 184 Å². The Morgan fingerprint density at radius 1 is 1.10 bits per heavy atom. The normalized spacial score (nSPS) is 11.1. The van der Waals surface area contributed by atoms with Gasteiger partial charge in [0.15, 0.2) is 0 Å². The van der Waals surface area contributed by atoms with Crippen LogP contribution >= 0.6 is 15.9 Å². The minimum atomic E-state index is -0.483. The van der Waals surface area contributed by atoms with Crippen LogP contribution in [0.15, 0.2) is 70.7 Å². The molecule has 3 aromatic carbocycles. The van der Waals surface area contributed by atoms with Gasteiger partial charge in [0.25, 0.3) is 5.91 Å². The fourth-order valence-corrected chi connectivity index (χ4v) is 3.45. The Morgan fingerprint density at radius 3 is 2.60 bits per heavy atom. The van der Waals surface area contributed by atoms with E-state index < -0.39 is 5.91 Å². The number of anilines is 1. The Morgan fingerprint density at radius 2 is 1.87 bits per heavy atom. The van der Waals surface area contributed by atoms with Crippen molar-refractivity contribution in [2.75, 3.05) is 5.32 Å². The van der Waals surface area contributed by atoms with Crippen LogP contribution < -0.4 is 5.32 Å². The van der Waals surface area contributed by atoms with Crippen LogP contribution in [0.1, 0.15) is 27.8 Å². The minimum Gasteiger partial charge on any atom is -0.321 e. The molecule has 0 saturated heterocycles. The molecule has 3 rings (SSSR count). The lowest BCUT2D eigenvalue weighted by Crippen LogP contribution is -2.14. The number of carbonyl (C=O) groups is 1. The highest BCUT2D eigenvalue weighted by molar-refractivity contribution is 9.10. The molecule has 0 spiro atoms. The molecule has 0 unspecified atom stereocenters. The quantitative estimate of drug-likeness (QED) is 0.355. The Hall–Kier alpha value is -3.23. The number of carbonyl (C=O) groups excluding carboxylic acids is 1. The van der Waals surface area contributed by atoms with Crippen molar-refractivity contribution in [1.82, 2.24) is 0 Å². The summed E-state index contributed by atoms with van der Waals surface area (Å²) in [7, 11) is 0. The van der Waals surface area contributed by atoms with Crippen molar-refractivity contribution in [2.45, 2.75) is 20.3 Å². The molecule has 0 radical (unpaired) electrons. The van der Waals surface area contributed by atoms with Crippen LogP contribution in [0.2, 0.25) is 0 Å². The molecule has 5 heteroatoms. The summed E-state index contributed by atoms with van der Waals surface area (Å²) in [4.78, 5) is 12.7. The van der Waals surface area contributed by atoms with E-state index in [2.05, 4.69) is 21.2 Å². The number of amides is 1. The van der Waals surface area contributed by atoms with Gasteiger partial charge in [0, 0.05) is 16.6 Å². The van der Waals surface area contributed by atoms with Gasteiger partial charge >= 0.3 is 0 Å². The molecule has 0 aliphatic rings. The number of hydrogen-bond acceptors (Lipinski definition) is 2. The highest BCUT2D eigenvalue weighted by Crippen LogP contribution is 2.24. The predicted octanol–water partition coefficient (Wildman–Crippen LogP) is 6.34. The molecule has 3 nitrogen and oxygen atoms in total. The monoisotopic (exact) mass is 462 g/mol. The second-order valence-corrected chi connectivity index (χ2v) is 7.97. The second kappa shape index (κ2) is 9.51. The Balaban J connectivity index is 1.94. The molecule has 0 heterocycles. The summed E-state index contributed by atoms with van der Waals surface area (Å²) in [5, 5.41) is 12.4. The van der Waals surface area contributed by atoms with E-state index in [1.807, 2.05) is 56.3 Å². The van der Waals surface area contributed by atoms with E-state index in [1.165, 1.54) is 6.07 Å². The average molecular weight is 463 g/mol. The largest absolute Gasteiger partial charge is 0.321 e. The van der Waals surface area contributed by atoms with Crippen molar-refractivity contribution < 1.29 is 9.18 Å². The third-order valence-corrected chi connectivity index (χ3v) is 5.25. The van der Waals surface area contributed by atoms with E-state index in [-0.39, 0.29) is 11.4 Å². The van der Waals surface area contributed by atoms with E-state index in [0.29, 0.717) is 23.2 Å². The Kier molecular flexibility index (Phi) is 6.81. The molecule has 0 bridgehead atoms. The first-order valence-electron chi connectivity index (χ1n) is 9.39. The summed E-state index contributed by atoms with van der Waals surface area (Å²) in [6.07, 6.45) is 1.89. The summed E-state index contributed by atoms with van der Waals surface area (Å²) in [6, 6.07) is 19.8. The topological polar surface area (TPSA) is 52.9 Å². The summed E-state index contributed by atoms with van der Waals surface area (Å²) >= 11 is 3.43. The number of nitrogens with zero attached hydrogens (tertiary/aromatic N) is 1. The van der Waals surface area contributed by atoms with Crippen LogP contribution in [-0.2, 0) is 11.2 Å². The number of halogens is 2. The van der Waals surface area contributed by atoms with E-state index in [4.69, 9.17) is 0 Å². The van der Waals surface area contributed by atoms with Crippen LogP contribution in [-0.4, -0.2) is 5.91 Å². The van der Waals surface area contributed by atoms with E-state index >= 15 is 0 Å². The van der Waals surface area contributed by atoms with Gasteiger partial charge in [0.1, 0.15) is 17.5 Å². The van der Waals surface area contributed by atoms with Gasteiger partial charge in [0.2, 0.25) is 0 Å². The van der Waals surface area contributed by atoms with Crippen molar-refractivity contribution in [3.63, 3.8) is 0 Å².